The van der Waals surface area contributed by atoms with Crippen LogP contribution in [0.25, 0.3) is 23.5 Å². The van der Waals surface area contributed by atoms with Crippen molar-refractivity contribution >= 4 is 39.5 Å². The molecule has 0 saturated carbocycles. The lowest BCUT2D eigenvalue weighted by Crippen LogP contribution is -2.14. The summed E-state index contributed by atoms with van der Waals surface area (Å²) in [4.78, 5) is 37.2. The lowest BCUT2D eigenvalue weighted by molar-refractivity contribution is -0.387. The minimum Gasteiger partial charge on any atom is -0.488 e. The van der Waals surface area contributed by atoms with E-state index in [0.717, 1.165) is 0 Å². The fourth-order valence-electron chi connectivity index (χ4n) is 2.28. The maximum atomic E-state index is 11.6. The van der Waals surface area contributed by atoms with E-state index in [2.05, 4.69) is 25.9 Å². The van der Waals surface area contributed by atoms with Gasteiger partial charge in [-0.1, -0.05) is 0 Å². The van der Waals surface area contributed by atoms with Crippen LogP contribution >= 0.6 is 15.9 Å². The highest BCUT2D eigenvalue weighted by molar-refractivity contribution is 9.10. The summed E-state index contributed by atoms with van der Waals surface area (Å²) in [7, 11) is 0. The van der Waals surface area contributed by atoms with Gasteiger partial charge in [-0.15, -0.1) is 0 Å². The molecule has 0 unspecified atom stereocenters. The molecule has 2 aromatic heterocycles. The molecule has 0 aliphatic rings. The van der Waals surface area contributed by atoms with Gasteiger partial charge in [-0.3, -0.25) is 25.0 Å². The Balaban J connectivity index is 1.87. The van der Waals surface area contributed by atoms with Crippen molar-refractivity contribution in [3.63, 3.8) is 0 Å². The molecule has 12 heteroatoms. The number of nitrogens with one attached hydrogen (secondary N) is 1. The highest BCUT2D eigenvalue weighted by Crippen LogP contribution is 2.32. The van der Waals surface area contributed by atoms with Crippen molar-refractivity contribution in [3.05, 3.63) is 77.0 Å². The van der Waals surface area contributed by atoms with Gasteiger partial charge in [-0.25, -0.2) is 0 Å². The number of non-ortho nitro benzene ring substituents is 1. The maximum Gasteiger partial charge on any atom is 0.395 e. The number of benzene rings is 1. The summed E-state index contributed by atoms with van der Waals surface area (Å²) < 4.78 is 6.09. The normalized spacial score (nSPS) is 11.0. The molecule has 0 atom stereocenters. The SMILES string of the molecule is O=c1[nH]c(/C=C\c2ccc(-c3ccc([N+](=O)[O-])cc3Br)o2)nc(O)c1[N+](=O)[O-]. The molecular formula is C16H9BrN4O7. The average Bonchev–Trinajstić information content (AvgIpc) is 3.07. The summed E-state index contributed by atoms with van der Waals surface area (Å²) in [5.41, 5.74) is -1.62. The van der Waals surface area contributed by atoms with Gasteiger partial charge in [0.15, 0.2) is 0 Å². The summed E-state index contributed by atoms with van der Waals surface area (Å²) in [5, 5.41) is 31.0. The fourth-order valence-corrected chi connectivity index (χ4v) is 2.84. The number of hydrogen-bond donors (Lipinski definition) is 2. The summed E-state index contributed by atoms with van der Waals surface area (Å²) in [6, 6.07) is 7.45. The number of H-pyrrole nitrogens is 1. The Morgan fingerprint density at radius 3 is 2.50 bits per heavy atom. The van der Waals surface area contributed by atoms with Crippen molar-refractivity contribution in [2.45, 2.75) is 0 Å². The van der Waals surface area contributed by atoms with Gasteiger partial charge in [0.2, 0.25) is 0 Å². The highest BCUT2D eigenvalue weighted by Gasteiger charge is 2.21. The zero-order valence-corrected chi connectivity index (χ0v) is 15.2. The van der Waals surface area contributed by atoms with Gasteiger partial charge in [0, 0.05) is 22.2 Å². The van der Waals surface area contributed by atoms with Crippen molar-refractivity contribution in [2.75, 3.05) is 0 Å². The molecule has 142 valence electrons. The van der Waals surface area contributed by atoms with E-state index in [0.29, 0.717) is 21.6 Å². The van der Waals surface area contributed by atoms with E-state index in [-0.39, 0.29) is 11.5 Å². The Labute approximate surface area is 163 Å². The number of aromatic hydroxyl groups is 1. The first-order valence-electron chi connectivity index (χ1n) is 7.46. The Morgan fingerprint density at radius 2 is 1.89 bits per heavy atom. The third-order valence-electron chi connectivity index (χ3n) is 3.54. The van der Waals surface area contributed by atoms with Gasteiger partial charge in [0.25, 0.3) is 11.6 Å². The van der Waals surface area contributed by atoms with Crippen LogP contribution in [0.3, 0.4) is 0 Å². The average molecular weight is 449 g/mol. The quantitative estimate of drug-likeness (QED) is 0.441. The van der Waals surface area contributed by atoms with Crippen LogP contribution in [0.4, 0.5) is 11.4 Å². The molecule has 0 aliphatic heterocycles. The van der Waals surface area contributed by atoms with Crippen molar-refractivity contribution in [2.24, 2.45) is 0 Å². The van der Waals surface area contributed by atoms with Gasteiger partial charge >= 0.3 is 11.2 Å². The molecule has 0 saturated heterocycles. The second-order valence-corrected chi connectivity index (χ2v) is 6.19. The number of aromatic nitrogens is 2. The van der Waals surface area contributed by atoms with Crippen LogP contribution in [0.15, 0.2) is 44.0 Å². The van der Waals surface area contributed by atoms with E-state index >= 15 is 0 Å². The minimum absolute atomic E-state index is 0.0738. The van der Waals surface area contributed by atoms with Crippen LogP contribution < -0.4 is 5.56 Å². The van der Waals surface area contributed by atoms with Crippen LogP contribution in [0.5, 0.6) is 5.88 Å². The van der Waals surface area contributed by atoms with Gasteiger partial charge in [0.1, 0.15) is 17.3 Å². The predicted molar refractivity (Wildman–Crippen MR) is 101 cm³/mol. The Bertz CT molecular complexity index is 1180. The zero-order chi connectivity index (χ0) is 20.4. The lowest BCUT2D eigenvalue weighted by Gasteiger charge is -2.00. The second-order valence-electron chi connectivity index (χ2n) is 5.34. The van der Waals surface area contributed by atoms with E-state index in [1.165, 1.54) is 30.4 Å². The number of nitrogens with zero attached hydrogens (tertiary/aromatic N) is 3. The third kappa shape index (κ3) is 3.81. The molecule has 3 aromatic rings. The van der Waals surface area contributed by atoms with Crippen LogP contribution in [-0.2, 0) is 0 Å². The van der Waals surface area contributed by atoms with Crippen molar-refractivity contribution in [1.82, 2.24) is 9.97 Å². The van der Waals surface area contributed by atoms with E-state index in [1.54, 1.807) is 12.1 Å². The van der Waals surface area contributed by atoms with Crippen LogP contribution in [0, 0.1) is 20.2 Å². The third-order valence-corrected chi connectivity index (χ3v) is 4.19. The van der Waals surface area contributed by atoms with Gasteiger partial charge < -0.3 is 14.5 Å². The maximum absolute atomic E-state index is 11.6. The first kappa shape index (κ1) is 19.0. The van der Waals surface area contributed by atoms with Crippen LogP contribution in [-0.4, -0.2) is 24.9 Å². The molecule has 3 rings (SSSR count). The standard InChI is InChI=1S/C16H9BrN4O7/c17-11-7-8(20(24)25)1-4-10(11)12-5-2-9(28-12)3-6-13-18-15(22)14(21(26)27)16(23)19-13/h1-7H,(H2,18,19,22,23)/b6-3-. The molecule has 0 spiro atoms. The largest absolute Gasteiger partial charge is 0.488 e. The molecule has 0 fully saturated rings. The Hall–Kier alpha value is -3.80. The second kappa shape index (κ2) is 7.44. The first-order chi connectivity index (χ1) is 13.3. The lowest BCUT2D eigenvalue weighted by atomic mass is 10.1. The summed E-state index contributed by atoms with van der Waals surface area (Å²) in [6.07, 6.45) is 2.71. The highest BCUT2D eigenvalue weighted by atomic mass is 79.9. The van der Waals surface area contributed by atoms with Crippen molar-refractivity contribution in [1.29, 1.82) is 0 Å². The monoisotopic (exact) mass is 448 g/mol. The van der Waals surface area contributed by atoms with Gasteiger partial charge in [0.05, 0.1) is 9.85 Å². The number of nitro benzene ring substituents is 1. The topological polar surface area (TPSA) is 165 Å². The molecule has 11 nitrogen and oxygen atoms in total. The van der Waals surface area contributed by atoms with E-state index < -0.39 is 27.0 Å². The number of hydrogen-bond acceptors (Lipinski definition) is 8. The number of aromatic amines is 1. The van der Waals surface area contributed by atoms with Crippen LogP contribution in [0.2, 0.25) is 0 Å². The molecule has 28 heavy (non-hydrogen) atoms. The van der Waals surface area contributed by atoms with Gasteiger partial charge in [-0.05, 0) is 46.3 Å². The van der Waals surface area contributed by atoms with Gasteiger partial charge in [-0.2, -0.15) is 4.98 Å². The van der Waals surface area contributed by atoms with E-state index in [1.807, 2.05) is 0 Å². The molecule has 0 aliphatic carbocycles. The number of nitro groups is 2. The molecule has 2 heterocycles. The van der Waals surface area contributed by atoms with E-state index in [4.69, 9.17) is 4.42 Å². The number of rotatable bonds is 5. The van der Waals surface area contributed by atoms with Crippen molar-refractivity contribution in [3.8, 4) is 17.2 Å². The smallest absolute Gasteiger partial charge is 0.395 e. The number of furan rings is 1. The minimum atomic E-state index is -1.09. The molecule has 0 radical (unpaired) electrons. The predicted octanol–water partition coefficient (Wildman–Crippen LogP) is 3.48. The molecular weight excluding hydrogens is 440 g/mol. The molecule has 1 aromatic carbocycles. The Morgan fingerprint density at radius 1 is 1.14 bits per heavy atom. The number of halogens is 1. The fraction of sp³-hybridized carbons (Fsp3) is 0. The van der Waals surface area contributed by atoms with E-state index in [9.17, 15) is 30.1 Å². The molecule has 2 N–H and O–H groups in total. The summed E-state index contributed by atoms with van der Waals surface area (Å²) >= 11 is 3.26. The summed E-state index contributed by atoms with van der Waals surface area (Å²) in [5.74, 6) is -0.332. The van der Waals surface area contributed by atoms with Crippen LogP contribution in [0.1, 0.15) is 11.6 Å². The summed E-state index contributed by atoms with van der Waals surface area (Å²) in [6.45, 7) is 0. The molecule has 0 bridgehead atoms. The Kier molecular flexibility index (Phi) is 5.04. The van der Waals surface area contributed by atoms with Crippen molar-refractivity contribution < 1.29 is 19.4 Å². The molecule has 0 amide bonds. The zero-order valence-electron chi connectivity index (χ0n) is 13.7. The first-order valence-corrected chi connectivity index (χ1v) is 8.25.